The molecule has 1 aromatic carbocycles. The molecular weight excluding hydrogens is 266 g/mol. The highest BCUT2D eigenvalue weighted by Gasteiger charge is 2.20. The Balaban J connectivity index is 1.83. The number of aliphatic hydroxyl groups excluding tert-OH is 1. The number of aliphatic hydroxyl groups is 1. The number of rotatable bonds is 3. The van der Waals surface area contributed by atoms with E-state index in [2.05, 4.69) is 10.2 Å². The Morgan fingerprint density at radius 2 is 1.84 bits per heavy atom. The number of hydrogen-bond donors (Lipinski definition) is 2. The highest BCUT2D eigenvalue weighted by atomic mass is 35.5. The van der Waals surface area contributed by atoms with Gasteiger partial charge in [-0.1, -0.05) is 11.6 Å². The molecule has 1 fully saturated rings. The Morgan fingerprint density at radius 3 is 2.42 bits per heavy atom. The van der Waals surface area contributed by atoms with Gasteiger partial charge in [0.2, 0.25) is 0 Å². The highest BCUT2D eigenvalue weighted by Crippen LogP contribution is 2.14. The lowest BCUT2D eigenvalue weighted by atomic mass is 10.3. The quantitative estimate of drug-likeness (QED) is 0.883. The van der Waals surface area contributed by atoms with Gasteiger partial charge in [0.25, 0.3) is 0 Å². The first-order chi connectivity index (χ1) is 9.19. The zero-order valence-electron chi connectivity index (χ0n) is 10.7. The largest absolute Gasteiger partial charge is 0.395 e. The summed E-state index contributed by atoms with van der Waals surface area (Å²) in [7, 11) is 0. The normalized spacial score (nSPS) is 16.4. The minimum Gasteiger partial charge on any atom is -0.395 e. The lowest BCUT2D eigenvalue weighted by Gasteiger charge is -2.34. The zero-order valence-corrected chi connectivity index (χ0v) is 11.4. The number of halogens is 1. The van der Waals surface area contributed by atoms with Crippen molar-refractivity contribution in [1.82, 2.24) is 9.80 Å². The van der Waals surface area contributed by atoms with Crippen molar-refractivity contribution < 1.29 is 9.90 Å². The number of piperazine rings is 1. The highest BCUT2D eigenvalue weighted by molar-refractivity contribution is 6.30. The Kier molecular flexibility index (Phi) is 5.01. The summed E-state index contributed by atoms with van der Waals surface area (Å²) in [6, 6.07) is 6.96. The van der Waals surface area contributed by atoms with Crippen LogP contribution < -0.4 is 5.32 Å². The van der Waals surface area contributed by atoms with Gasteiger partial charge in [-0.25, -0.2) is 4.79 Å². The Labute approximate surface area is 117 Å². The molecule has 0 radical (unpaired) electrons. The molecule has 1 aromatic rings. The molecule has 104 valence electrons. The lowest BCUT2D eigenvalue weighted by Crippen LogP contribution is -2.50. The van der Waals surface area contributed by atoms with Crippen molar-refractivity contribution in [2.75, 3.05) is 44.6 Å². The first kappa shape index (κ1) is 14.1. The third-order valence-corrected chi connectivity index (χ3v) is 3.42. The predicted molar refractivity (Wildman–Crippen MR) is 75.6 cm³/mol. The number of β-amino-alcohol motifs (C(OH)–C–C–N with tert-alkyl or cyclic N) is 1. The fourth-order valence-corrected chi connectivity index (χ4v) is 2.18. The number of nitrogens with one attached hydrogen (secondary N) is 1. The van der Waals surface area contributed by atoms with Crippen LogP contribution in [0, 0.1) is 0 Å². The first-order valence-corrected chi connectivity index (χ1v) is 6.71. The SMILES string of the molecule is O=C(Nc1ccc(Cl)cc1)N1CCN(CCO)CC1. The van der Waals surface area contributed by atoms with E-state index in [9.17, 15) is 4.79 Å². The van der Waals surface area contributed by atoms with Gasteiger partial charge in [-0.2, -0.15) is 0 Å². The van der Waals surface area contributed by atoms with Gasteiger partial charge in [-0.05, 0) is 24.3 Å². The molecule has 0 bridgehead atoms. The number of urea groups is 1. The van der Waals surface area contributed by atoms with Crippen LogP contribution in [0.15, 0.2) is 24.3 Å². The molecule has 6 heteroatoms. The van der Waals surface area contributed by atoms with Gasteiger partial charge >= 0.3 is 6.03 Å². The van der Waals surface area contributed by atoms with Crippen LogP contribution in [0.4, 0.5) is 10.5 Å². The smallest absolute Gasteiger partial charge is 0.321 e. The van der Waals surface area contributed by atoms with Crippen LogP contribution in [-0.4, -0.2) is 60.3 Å². The monoisotopic (exact) mass is 283 g/mol. The summed E-state index contributed by atoms with van der Waals surface area (Å²) < 4.78 is 0. The molecular formula is C13H18ClN3O2. The van der Waals surface area contributed by atoms with Gasteiger partial charge in [-0.15, -0.1) is 0 Å². The summed E-state index contributed by atoms with van der Waals surface area (Å²) in [6.07, 6.45) is 0. The maximum Gasteiger partial charge on any atom is 0.321 e. The van der Waals surface area contributed by atoms with Gasteiger partial charge in [-0.3, -0.25) is 4.90 Å². The Bertz CT molecular complexity index is 416. The van der Waals surface area contributed by atoms with Gasteiger partial charge in [0, 0.05) is 43.4 Å². The average molecular weight is 284 g/mol. The van der Waals surface area contributed by atoms with E-state index in [1.165, 1.54) is 0 Å². The molecule has 0 saturated carbocycles. The molecule has 2 rings (SSSR count). The average Bonchev–Trinajstić information content (AvgIpc) is 2.42. The topological polar surface area (TPSA) is 55.8 Å². The zero-order chi connectivity index (χ0) is 13.7. The number of benzene rings is 1. The molecule has 2 amide bonds. The molecule has 1 aliphatic heterocycles. The van der Waals surface area contributed by atoms with Crippen LogP contribution >= 0.6 is 11.6 Å². The molecule has 0 spiro atoms. The summed E-state index contributed by atoms with van der Waals surface area (Å²) >= 11 is 5.79. The summed E-state index contributed by atoms with van der Waals surface area (Å²) in [5, 5.41) is 12.4. The maximum atomic E-state index is 12.0. The van der Waals surface area contributed by atoms with Crippen LogP contribution in [-0.2, 0) is 0 Å². The molecule has 0 atom stereocenters. The molecule has 1 aliphatic rings. The summed E-state index contributed by atoms with van der Waals surface area (Å²) in [4.78, 5) is 16.0. The van der Waals surface area contributed by atoms with Gasteiger partial charge < -0.3 is 15.3 Å². The Morgan fingerprint density at radius 1 is 1.21 bits per heavy atom. The van der Waals surface area contributed by atoms with Crippen molar-refractivity contribution in [2.45, 2.75) is 0 Å². The number of hydrogen-bond acceptors (Lipinski definition) is 3. The van der Waals surface area contributed by atoms with Crippen molar-refractivity contribution >= 4 is 23.3 Å². The van der Waals surface area contributed by atoms with Gasteiger partial charge in [0.1, 0.15) is 0 Å². The number of anilines is 1. The van der Waals surface area contributed by atoms with Crippen molar-refractivity contribution in [2.24, 2.45) is 0 Å². The second-order valence-corrected chi connectivity index (χ2v) is 4.93. The van der Waals surface area contributed by atoms with E-state index < -0.39 is 0 Å². The summed E-state index contributed by atoms with van der Waals surface area (Å²) in [5.41, 5.74) is 0.743. The fraction of sp³-hybridized carbons (Fsp3) is 0.462. The fourth-order valence-electron chi connectivity index (χ4n) is 2.05. The van der Waals surface area contributed by atoms with Crippen molar-refractivity contribution in [3.63, 3.8) is 0 Å². The molecule has 0 unspecified atom stereocenters. The second kappa shape index (κ2) is 6.75. The summed E-state index contributed by atoms with van der Waals surface area (Å²) in [6.45, 7) is 3.80. The van der Waals surface area contributed by atoms with Crippen molar-refractivity contribution in [3.05, 3.63) is 29.3 Å². The second-order valence-electron chi connectivity index (χ2n) is 4.49. The van der Waals surface area contributed by atoms with Gasteiger partial charge in [0.05, 0.1) is 6.61 Å². The van der Waals surface area contributed by atoms with Crippen LogP contribution in [0.3, 0.4) is 0 Å². The van der Waals surface area contributed by atoms with E-state index in [1.54, 1.807) is 29.2 Å². The third kappa shape index (κ3) is 4.09. The van der Waals surface area contributed by atoms with Crippen LogP contribution in [0.5, 0.6) is 0 Å². The van der Waals surface area contributed by atoms with E-state index in [4.69, 9.17) is 16.7 Å². The number of amides is 2. The standard InChI is InChI=1S/C13H18ClN3O2/c14-11-1-3-12(4-2-11)15-13(19)17-7-5-16(6-8-17)9-10-18/h1-4,18H,5-10H2,(H,15,19). The Hall–Kier alpha value is -1.30. The molecule has 0 aromatic heterocycles. The van der Waals surface area contributed by atoms with E-state index in [-0.39, 0.29) is 12.6 Å². The minimum absolute atomic E-state index is 0.0917. The first-order valence-electron chi connectivity index (χ1n) is 6.34. The third-order valence-electron chi connectivity index (χ3n) is 3.17. The number of nitrogens with zero attached hydrogens (tertiary/aromatic N) is 2. The molecule has 1 saturated heterocycles. The maximum absolute atomic E-state index is 12.0. The van der Waals surface area contributed by atoms with Crippen LogP contribution in [0.2, 0.25) is 5.02 Å². The lowest BCUT2D eigenvalue weighted by molar-refractivity contribution is 0.127. The van der Waals surface area contributed by atoms with E-state index in [0.717, 1.165) is 18.8 Å². The van der Waals surface area contributed by atoms with Crippen LogP contribution in [0.1, 0.15) is 0 Å². The molecule has 19 heavy (non-hydrogen) atoms. The van der Waals surface area contributed by atoms with E-state index in [0.29, 0.717) is 24.7 Å². The molecule has 2 N–H and O–H groups in total. The molecule has 0 aliphatic carbocycles. The van der Waals surface area contributed by atoms with Crippen molar-refractivity contribution in [3.8, 4) is 0 Å². The number of carbonyl (C=O) groups excluding carboxylic acids is 1. The minimum atomic E-state index is -0.0917. The molecule has 1 heterocycles. The van der Waals surface area contributed by atoms with Crippen molar-refractivity contribution in [1.29, 1.82) is 0 Å². The van der Waals surface area contributed by atoms with E-state index in [1.807, 2.05) is 0 Å². The summed E-state index contributed by atoms with van der Waals surface area (Å²) in [5.74, 6) is 0. The molecule has 5 nitrogen and oxygen atoms in total. The van der Waals surface area contributed by atoms with Gasteiger partial charge in [0.15, 0.2) is 0 Å². The predicted octanol–water partition coefficient (Wildman–Crippen LogP) is 1.48. The van der Waals surface area contributed by atoms with Crippen LogP contribution in [0.25, 0.3) is 0 Å². The number of carbonyl (C=O) groups is 1. The van der Waals surface area contributed by atoms with E-state index >= 15 is 0 Å².